The molecule has 0 aliphatic rings. The van der Waals surface area contributed by atoms with Crippen LogP contribution in [0.2, 0.25) is 18.1 Å². The number of carbonyl (C=O) groups excluding carboxylic acids is 1. The first-order valence-corrected chi connectivity index (χ1v) is 12.1. The van der Waals surface area contributed by atoms with E-state index in [1.165, 1.54) is 0 Å². The zero-order valence-corrected chi connectivity index (χ0v) is 17.7. The number of carbonyl (C=O) groups is 2. The van der Waals surface area contributed by atoms with E-state index in [1.54, 1.807) is 12.1 Å². The van der Waals surface area contributed by atoms with Crippen molar-refractivity contribution in [2.24, 2.45) is 0 Å². The van der Waals surface area contributed by atoms with Crippen molar-refractivity contribution in [3.05, 3.63) is 48.0 Å². The Balaban J connectivity index is 2.07. The van der Waals surface area contributed by atoms with Gasteiger partial charge in [-0.2, -0.15) is 0 Å². The first-order valence-electron chi connectivity index (χ1n) is 9.18. The molecular weight excluding hydrogens is 358 g/mol. The Hall–Kier alpha value is -2.18. The van der Waals surface area contributed by atoms with Crippen LogP contribution in [0.5, 0.6) is 0 Å². The Labute approximate surface area is 161 Å². The van der Waals surface area contributed by atoms with Crippen LogP contribution in [0.1, 0.15) is 37.6 Å². The molecule has 0 radical (unpaired) electrons. The first-order chi connectivity index (χ1) is 12.5. The lowest BCUT2D eigenvalue weighted by molar-refractivity contribution is -0.139. The molecule has 0 bridgehead atoms. The van der Waals surface area contributed by atoms with Gasteiger partial charge in [-0.05, 0) is 35.0 Å². The lowest BCUT2D eigenvalue weighted by atomic mass is 10.0. The van der Waals surface area contributed by atoms with Crippen molar-refractivity contribution in [3.8, 4) is 0 Å². The van der Waals surface area contributed by atoms with Gasteiger partial charge < -0.3 is 14.8 Å². The van der Waals surface area contributed by atoms with Crippen LogP contribution >= 0.6 is 0 Å². The van der Waals surface area contributed by atoms with Crippen LogP contribution in [0.15, 0.2) is 42.5 Å². The van der Waals surface area contributed by atoms with E-state index >= 15 is 0 Å². The van der Waals surface area contributed by atoms with E-state index < -0.39 is 20.3 Å². The maximum absolute atomic E-state index is 12.7. The third kappa shape index (κ3) is 5.17. The number of aliphatic carboxylic acids is 1. The summed E-state index contributed by atoms with van der Waals surface area (Å²) in [5.41, 5.74) is 0.477. The summed E-state index contributed by atoms with van der Waals surface area (Å²) in [6, 6.07) is 12.0. The summed E-state index contributed by atoms with van der Waals surface area (Å²) in [5.74, 6) is -1.44. The van der Waals surface area contributed by atoms with Gasteiger partial charge in [0.25, 0.3) is 5.91 Å². The molecule has 0 spiro atoms. The van der Waals surface area contributed by atoms with Gasteiger partial charge in [0.05, 0.1) is 0 Å². The Morgan fingerprint density at radius 2 is 1.74 bits per heavy atom. The van der Waals surface area contributed by atoms with Gasteiger partial charge in [-0.15, -0.1) is 0 Å². The average molecular weight is 388 g/mol. The van der Waals surface area contributed by atoms with E-state index in [0.29, 0.717) is 12.2 Å². The molecular formula is C21H29NO4Si. The number of carboxylic acid groups (broad SMARTS) is 1. The molecule has 0 unspecified atom stereocenters. The molecule has 146 valence electrons. The Bertz CT molecular complexity index is 821. The molecule has 2 aromatic rings. The van der Waals surface area contributed by atoms with Crippen LogP contribution in [-0.2, 0) is 9.22 Å². The van der Waals surface area contributed by atoms with Crippen molar-refractivity contribution < 1.29 is 19.1 Å². The van der Waals surface area contributed by atoms with Crippen LogP contribution in [0, 0.1) is 0 Å². The molecule has 2 N–H and O–H groups in total. The second-order valence-electron chi connectivity index (χ2n) is 8.29. The third-order valence-electron chi connectivity index (χ3n) is 5.31. The summed E-state index contributed by atoms with van der Waals surface area (Å²) in [6.07, 6.45) is 0.234. The van der Waals surface area contributed by atoms with E-state index in [-0.39, 0.29) is 17.4 Å². The number of benzene rings is 2. The zero-order valence-electron chi connectivity index (χ0n) is 16.7. The van der Waals surface area contributed by atoms with Gasteiger partial charge in [0.15, 0.2) is 8.32 Å². The van der Waals surface area contributed by atoms with Crippen LogP contribution in [0.4, 0.5) is 0 Å². The third-order valence-corrected chi connectivity index (χ3v) is 9.85. The molecule has 0 aliphatic carbocycles. The smallest absolute Gasteiger partial charge is 0.326 e. The number of hydrogen-bond donors (Lipinski definition) is 2. The van der Waals surface area contributed by atoms with Crippen molar-refractivity contribution in [1.82, 2.24) is 5.32 Å². The predicted molar refractivity (Wildman–Crippen MR) is 111 cm³/mol. The molecule has 0 fully saturated rings. The van der Waals surface area contributed by atoms with Gasteiger partial charge in [-0.25, -0.2) is 4.79 Å². The van der Waals surface area contributed by atoms with Crippen molar-refractivity contribution in [2.75, 3.05) is 6.61 Å². The molecule has 27 heavy (non-hydrogen) atoms. The molecule has 2 aromatic carbocycles. The molecule has 6 heteroatoms. The van der Waals surface area contributed by atoms with Crippen LogP contribution in [0.25, 0.3) is 10.8 Å². The van der Waals surface area contributed by atoms with E-state index in [4.69, 9.17) is 4.43 Å². The fourth-order valence-corrected chi connectivity index (χ4v) is 3.63. The highest BCUT2D eigenvalue weighted by molar-refractivity contribution is 6.74. The number of carboxylic acids is 1. The van der Waals surface area contributed by atoms with Crippen LogP contribution < -0.4 is 5.32 Å². The fourth-order valence-electron chi connectivity index (χ4n) is 2.57. The van der Waals surface area contributed by atoms with Gasteiger partial charge in [-0.1, -0.05) is 57.2 Å². The van der Waals surface area contributed by atoms with E-state index in [0.717, 1.165) is 10.8 Å². The van der Waals surface area contributed by atoms with Crippen molar-refractivity contribution in [3.63, 3.8) is 0 Å². The Morgan fingerprint density at radius 1 is 1.11 bits per heavy atom. The Kier molecular flexibility index (Phi) is 6.44. The molecule has 5 nitrogen and oxygen atoms in total. The monoisotopic (exact) mass is 387 g/mol. The number of fused-ring (bicyclic) bond motifs is 1. The maximum atomic E-state index is 12.7. The molecule has 0 saturated carbocycles. The number of amides is 1. The van der Waals surface area contributed by atoms with Gasteiger partial charge in [-0.3, -0.25) is 4.79 Å². The zero-order chi connectivity index (χ0) is 20.2. The number of rotatable bonds is 7. The van der Waals surface area contributed by atoms with Gasteiger partial charge in [0.2, 0.25) is 0 Å². The SMILES string of the molecule is CC(C)(C)[Si](C)(C)OCC[C@H](NC(=O)c1cccc2ccccc12)C(=O)O. The molecule has 1 atom stereocenters. The molecule has 2 rings (SSSR count). The highest BCUT2D eigenvalue weighted by Gasteiger charge is 2.37. The van der Waals surface area contributed by atoms with Crippen LogP contribution in [0.3, 0.4) is 0 Å². The summed E-state index contributed by atoms with van der Waals surface area (Å²) < 4.78 is 6.06. The van der Waals surface area contributed by atoms with E-state index in [1.807, 2.05) is 30.3 Å². The standard InChI is InChI=1S/C21H29NO4Si/c1-21(2,3)27(4,5)26-14-13-18(20(24)25)22-19(23)17-12-8-10-15-9-6-7-11-16(15)17/h6-12,18H,13-14H2,1-5H3,(H,22,23)(H,24,25)/t18-/m0/s1. The lowest BCUT2D eigenvalue weighted by Crippen LogP contribution is -2.44. The summed E-state index contributed by atoms with van der Waals surface area (Å²) in [5, 5.41) is 14.0. The second-order valence-corrected chi connectivity index (χ2v) is 13.1. The highest BCUT2D eigenvalue weighted by Crippen LogP contribution is 2.36. The lowest BCUT2D eigenvalue weighted by Gasteiger charge is -2.36. The molecule has 0 aliphatic heterocycles. The second kappa shape index (κ2) is 8.23. The minimum Gasteiger partial charge on any atom is -0.480 e. The summed E-state index contributed by atoms with van der Waals surface area (Å²) in [4.78, 5) is 24.3. The predicted octanol–water partition coefficient (Wildman–Crippen LogP) is 4.43. The summed E-state index contributed by atoms with van der Waals surface area (Å²) in [7, 11) is -1.95. The fraction of sp³-hybridized carbons (Fsp3) is 0.429. The van der Waals surface area contributed by atoms with Crippen molar-refractivity contribution in [2.45, 2.75) is 51.4 Å². The van der Waals surface area contributed by atoms with Gasteiger partial charge >= 0.3 is 5.97 Å². The normalized spacial score (nSPS) is 13.4. The van der Waals surface area contributed by atoms with Gasteiger partial charge in [0, 0.05) is 18.6 Å². The largest absolute Gasteiger partial charge is 0.480 e. The molecule has 0 saturated heterocycles. The summed E-state index contributed by atoms with van der Waals surface area (Å²) >= 11 is 0. The maximum Gasteiger partial charge on any atom is 0.326 e. The average Bonchev–Trinajstić information content (AvgIpc) is 2.59. The first kappa shape index (κ1) is 21.1. The highest BCUT2D eigenvalue weighted by atomic mass is 28.4. The molecule has 0 heterocycles. The van der Waals surface area contributed by atoms with E-state index in [2.05, 4.69) is 39.2 Å². The molecule has 0 aromatic heterocycles. The van der Waals surface area contributed by atoms with Gasteiger partial charge in [0.1, 0.15) is 6.04 Å². The topological polar surface area (TPSA) is 75.6 Å². The minimum absolute atomic E-state index is 0.0535. The van der Waals surface area contributed by atoms with Crippen LogP contribution in [-0.4, -0.2) is 37.9 Å². The Morgan fingerprint density at radius 3 is 2.37 bits per heavy atom. The number of hydrogen-bond acceptors (Lipinski definition) is 3. The minimum atomic E-state index is -1.95. The summed E-state index contributed by atoms with van der Waals surface area (Å²) in [6.45, 7) is 11.0. The quantitative estimate of drug-likeness (QED) is 0.689. The number of nitrogens with one attached hydrogen (secondary N) is 1. The van der Waals surface area contributed by atoms with Crippen molar-refractivity contribution in [1.29, 1.82) is 0 Å². The van der Waals surface area contributed by atoms with E-state index in [9.17, 15) is 14.7 Å². The van der Waals surface area contributed by atoms with Crippen molar-refractivity contribution >= 4 is 31.0 Å². The molecule has 1 amide bonds.